The minimum Gasteiger partial charge on any atom is -0.382 e. The molecule has 1 aliphatic rings. The first-order valence-electron chi connectivity index (χ1n) is 8.11. The molecule has 21 heavy (non-hydrogen) atoms. The lowest BCUT2D eigenvalue weighted by Crippen LogP contribution is -2.24. The van der Waals surface area contributed by atoms with Crippen LogP contribution >= 0.6 is 11.6 Å². The Morgan fingerprint density at radius 3 is 2.76 bits per heavy atom. The van der Waals surface area contributed by atoms with Crippen LogP contribution in [-0.4, -0.2) is 16.3 Å². The molecule has 0 atom stereocenters. The monoisotopic (exact) mass is 311 g/mol. The lowest BCUT2D eigenvalue weighted by Gasteiger charge is -2.26. The van der Waals surface area contributed by atoms with Gasteiger partial charge in [0.2, 0.25) is 0 Å². The van der Waals surface area contributed by atoms with Crippen molar-refractivity contribution in [3.8, 4) is 0 Å². The Bertz CT molecular complexity index is 507. The van der Waals surface area contributed by atoms with Gasteiger partial charge in [-0.15, -0.1) is 0 Å². The number of nitrogens with zero attached hydrogens (tertiary/aromatic N) is 2. The highest BCUT2D eigenvalue weighted by atomic mass is 35.5. The summed E-state index contributed by atoms with van der Waals surface area (Å²) in [6.45, 7) is 5.82. The molecule has 1 aromatic heterocycles. The van der Waals surface area contributed by atoms with Crippen LogP contribution in [0.25, 0.3) is 0 Å². The lowest BCUT2D eigenvalue weighted by molar-refractivity contribution is 0.282. The van der Waals surface area contributed by atoms with Crippen LogP contribution in [0.1, 0.15) is 52.4 Å². The molecule has 0 radical (unpaired) electrons. The molecule has 0 saturated heterocycles. The van der Waals surface area contributed by atoms with Crippen molar-refractivity contribution in [3.63, 3.8) is 0 Å². The van der Waals surface area contributed by atoms with Gasteiger partial charge in [-0.3, -0.25) is 4.79 Å². The number of aromatic nitrogens is 2. The second-order valence-electron chi connectivity index (χ2n) is 6.24. The van der Waals surface area contributed by atoms with E-state index in [2.05, 4.69) is 17.3 Å². The number of rotatable bonds is 6. The molecule has 1 aliphatic carbocycles. The molecule has 5 heteroatoms. The molecular formula is C16H26ClN3O. The van der Waals surface area contributed by atoms with E-state index in [0.717, 1.165) is 31.2 Å². The summed E-state index contributed by atoms with van der Waals surface area (Å²) >= 11 is 6.14. The number of anilines is 1. The van der Waals surface area contributed by atoms with Crippen molar-refractivity contribution >= 4 is 17.3 Å². The fraction of sp³-hybridized carbons (Fsp3) is 0.750. The molecule has 2 rings (SSSR count). The Morgan fingerprint density at radius 2 is 2.10 bits per heavy atom. The SMILES string of the molecule is CCCn1ncc(NCCC2CCC(C)CC2)c(Cl)c1=O. The van der Waals surface area contributed by atoms with E-state index in [0.29, 0.717) is 12.2 Å². The third-order valence-corrected chi connectivity index (χ3v) is 4.79. The van der Waals surface area contributed by atoms with E-state index in [9.17, 15) is 4.79 Å². The predicted octanol–water partition coefficient (Wildman–Crippen LogP) is 3.94. The van der Waals surface area contributed by atoms with Gasteiger partial charge in [0.05, 0.1) is 11.9 Å². The van der Waals surface area contributed by atoms with Crippen LogP contribution in [0.3, 0.4) is 0 Å². The summed E-state index contributed by atoms with van der Waals surface area (Å²) in [4.78, 5) is 12.0. The Balaban J connectivity index is 1.86. The van der Waals surface area contributed by atoms with Gasteiger partial charge < -0.3 is 5.32 Å². The van der Waals surface area contributed by atoms with E-state index < -0.39 is 0 Å². The third-order valence-electron chi connectivity index (χ3n) is 4.42. The second-order valence-corrected chi connectivity index (χ2v) is 6.62. The first-order valence-corrected chi connectivity index (χ1v) is 8.49. The number of aryl methyl sites for hydroxylation is 1. The summed E-state index contributed by atoms with van der Waals surface area (Å²) in [5.41, 5.74) is 0.466. The Kier molecular flexibility index (Phi) is 6.09. The van der Waals surface area contributed by atoms with Gasteiger partial charge in [0, 0.05) is 13.1 Å². The van der Waals surface area contributed by atoms with Crippen LogP contribution in [0.4, 0.5) is 5.69 Å². The molecule has 1 heterocycles. The van der Waals surface area contributed by atoms with Crippen molar-refractivity contribution in [2.75, 3.05) is 11.9 Å². The molecule has 118 valence electrons. The van der Waals surface area contributed by atoms with E-state index in [1.165, 1.54) is 30.4 Å². The van der Waals surface area contributed by atoms with Gasteiger partial charge in [-0.25, -0.2) is 4.68 Å². The van der Waals surface area contributed by atoms with Crippen molar-refractivity contribution in [1.29, 1.82) is 0 Å². The van der Waals surface area contributed by atoms with Gasteiger partial charge in [0.1, 0.15) is 5.02 Å². The average Bonchev–Trinajstić information content (AvgIpc) is 2.48. The van der Waals surface area contributed by atoms with Gasteiger partial charge in [-0.2, -0.15) is 5.10 Å². The van der Waals surface area contributed by atoms with Gasteiger partial charge in [-0.1, -0.05) is 51.1 Å². The van der Waals surface area contributed by atoms with Gasteiger partial charge in [-0.05, 0) is 24.7 Å². The molecule has 0 bridgehead atoms. The van der Waals surface area contributed by atoms with Crippen LogP contribution in [-0.2, 0) is 6.54 Å². The van der Waals surface area contributed by atoms with E-state index in [4.69, 9.17) is 11.6 Å². The number of hydrogen-bond acceptors (Lipinski definition) is 3. The highest BCUT2D eigenvalue weighted by Crippen LogP contribution is 2.30. The van der Waals surface area contributed by atoms with Crippen LogP contribution in [0.5, 0.6) is 0 Å². The molecule has 1 aromatic rings. The van der Waals surface area contributed by atoms with Gasteiger partial charge in [0.25, 0.3) is 5.56 Å². The largest absolute Gasteiger partial charge is 0.382 e. The first-order chi connectivity index (χ1) is 10.1. The topological polar surface area (TPSA) is 46.9 Å². The summed E-state index contributed by atoms with van der Waals surface area (Å²) in [6.07, 6.45) is 9.03. The molecule has 0 aliphatic heterocycles. The minimum absolute atomic E-state index is 0.199. The number of halogens is 1. The molecule has 4 nitrogen and oxygen atoms in total. The highest BCUT2D eigenvalue weighted by Gasteiger charge is 2.18. The molecule has 1 saturated carbocycles. The van der Waals surface area contributed by atoms with E-state index in [1.54, 1.807) is 6.20 Å². The molecule has 0 aromatic carbocycles. The number of nitrogens with one attached hydrogen (secondary N) is 1. The Morgan fingerprint density at radius 1 is 1.38 bits per heavy atom. The summed E-state index contributed by atoms with van der Waals surface area (Å²) in [5.74, 6) is 1.69. The molecule has 1 fully saturated rings. The van der Waals surface area contributed by atoms with Crippen LogP contribution in [0.15, 0.2) is 11.0 Å². The Hall–Kier alpha value is -1.03. The molecule has 0 amide bonds. The fourth-order valence-electron chi connectivity index (χ4n) is 2.99. The van der Waals surface area contributed by atoms with Crippen molar-refractivity contribution in [2.24, 2.45) is 11.8 Å². The van der Waals surface area contributed by atoms with Crippen molar-refractivity contribution in [1.82, 2.24) is 9.78 Å². The van der Waals surface area contributed by atoms with E-state index >= 15 is 0 Å². The summed E-state index contributed by atoms with van der Waals surface area (Å²) in [5, 5.41) is 7.70. The minimum atomic E-state index is -0.199. The average molecular weight is 312 g/mol. The van der Waals surface area contributed by atoms with Gasteiger partial charge in [0.15, 0.2) is 0 Å². The maximum Gasteiger partial charge on any atom is 0.287 e. The number of hydrogen-bond donors (Lipinski definition) is 1. The summed E-state index contributed by atoms with van der Waals surface area (Å²) in [7, 11) is 0. The quantitative estimate of drug-likeness (QED) is 0.865. The third kappa shape index (κ3) is 4.47. The van der Waals surface area contributed by atoms with Crippen molar-refractivity contribution < 1.29 is 0 Å². The summed E-state index contributed by atoms with van der Waals surface area (Å²) < 4.78 is 1.43. The Labute approximate surface area is 131 Å². The van der Waals surface area contributed by atoms with Crippen LogP contribution < -0.4 is 10.9 Å². The first kappa shape index (κ1) is 16.3. The summed E-state index contributed by atoms with van der Waals surface area (Å²) in [6, 6.07) is 0. The molecule has 0 unspecified atom stereocenters. The molecular weight excluding hydrogens is 286 g/mol. The predicted molar refractivity (Wildman–Crippen MR) is 88.0 cm³/mol. The van der Waals surface area contributed by atoms with Crippen molar-refractivity contribution in [2.45, 2.75) is 58.9 Å². The van der Waals surface area contributed by atoms with E-state index in [-0.39, 0.29) is 10.6 Å². The second kappa shape index (κ2) is 7.83. The zero-order valence-corrected chi connectivity index (χ0v) is 13.8. The zero-order valence-electron chi connectivity index (χ0n) is 13.1. The van der Waals surface area contributed by atoms with Crippen LogP contribution in [0.2, 0.25) is 5.02 Å². The standard InChI is InChI=1S/C16H26ClN3O/c1-3-10-20-16(21)15(17)14(11-19-20)18-9-8-13-6-4-12(2)5-7-13/h11-13,18H,3-10H2,1-2H3. The maximum atomic E-state index is 12.0. The highest BCUT2D eigenvalue weighted by molar-refractivity contribution is 6.32. The fourth-order valence-corrected chi connectivity index (χ4v) is 3.20. The van der Waals surface area contributed by atoms with Crippen molar-refractivity contribution in [3.05, 3.63) is 21.6 Å². The smallest absolute Gasteiger partial charge is 0.287 e. The van der Waals surface area contributed by atoms with Crippen LogP contribution in [0, 0.1) is 11.8 Å². The normalized spacial score (nSPS) is 22.2. The molecule has 1 N–H and O–H groups in total. The van der Waals surface area contributed by atoms with Gasteiger partial charge >= 0.3 is 0 Å². The zero-order chi connectivity index (χ0) is 15.2. The maximum absolute atomic E-state index is 12.0. The lowest BCUT2D eigenvalue weighted by atomic mass is 9.81. The molecule has 0 spiro atoms. The van der Waals surface area contributed by atoms with E-state index in [1.807, 2.05) is 6.92 Å².